The Balaban J connectivity index is 1.64. The van der Waals surface area contributed by atoms with Gasteiger partial charge in [-0.1, -0.05) is 30.3 Å². The number of amides is 2. The second-order valence-corrected chi connectivity index (χ2v) is 6.16. The van der Waals surface area contributed by atoms with E-state index in [4.69, 9.17) is 4.74 Å². The number of ether oxygens (including phenoxy) is 1. The first-order chi connectivity index (χ1) is 14.1. The van der Waals surface area contributed by atoms with E-state index in [0.29, 0.717) is 18.0 Å². The number of hydrogen-bond donors (Lipinski definition) is 2. The molecule has 0 heterocycles. The Labute approximate surface area is 167 Å². The van der Waals surface area contributed by atoms with Gasteiger partial charge in [0.05, 0.1) is 12.8 Å². The van der Waals surface area contributed by atoms with Gasteiger partial charge in [0.2, 0.25) is 11.8 Å². The minimum Gasteiger partial charge on any atom is -0.493 e. The van der Waals surface area contributed by atoms with Gasteiger partial charge in [0.15, 0.2) is 0 Å². The molecule has 2 N–H and O–H groups in total. The highest BCUT2D eigenvalue weighted by molar-refractivity contribution is 6.05. The number of carbonyl (C=O) groups excluding carboxylic acids is 2. The Kier molecular flexibility index (Phi) is 6.52. The molecular weight excluding hydrogens is 373 g/mol. The molecule has 0 unspecified atom stereocenters. The summed E-state index contributed by atoms with van der Waals surface area (Å²) in [6.07, 6.45) is 1.09. The van der Waals surface area contributed by atoms with Crippen LogP contribution in [-0.2, 0) is 9.59 Å². The molecule has 6 nitrogen and oxygen atoms in total. The number of halogens is 1. The van der Waals surface area contributed by atoms with Crippen molar-refractivity contribution in [2.75, 3.05) is 11.9 Å². The van der Waals surface area contributed by atoms with Crippen LogP contribution in [0.2, 0.25) is 0 Å². The second kappa shape index (κ2) is 9.45. The van der Waals surface area contributed by atoms with Crippen LogP contribution in [0.25, 0.3) is 10.8 Å². The van der Waals surface area contributed by atoms with Crippen LogP contribution in [0.15, 0.2) is 65.8 Å². The molecule has 29 heavy (non-hydrogen) atoms. The van der Waals surface area contributed by atoms with E-state index in [0.717, 1.165) is 16.3 Å². The molecule has 3 aromatic carbocycles. The summed E-state index contributed by atoms with van der Waals surface area (Å²) in [6.45, 7) is 2.38. The van der Waals surface area contributed by atoms with Crippen LogP contribution in [0, 0.1) is 5.82 Å². The Morgan fingerprint density at radius 3 is 2.55 bits per heavy atom. The van der Waals surface area contributed by atoms with Crippen molar-refractivity contribution < 1.29 is 18.7 Å². The number of anilines is 1. The zero-order valence-electron chi connectivity index (χ0n) is 15.8. The largest absolute Gasteiger partial charge is 0.493 e. The molecule has 0 aliphatic carbocycles. The number of benzene rings is 3. The summed E-state index contributed by atoms with van der Waals surface area (Å²) < 4.78 is 18.5. The lowest BCUT2D eigenvalue weighted by Gasteiger charge is -2.10. The topological polar surface area (TPSA) is 79.8 Å². The van der Waals surface area contributed by atoms with Crippen molar-refractivity contribution in [1.82, 2.24) is 5.43 Å². The van der Waals surface area contributed by atoms with E-state index in [1.807, 2.05) is 43.3 Å². The maximum atomic E-state index is 12.9. The summed E-state index contributed by atoms with van der Waals surface area (Å²) in [5.41, 5.74) is 3.49. The molecule has 0 radical (unpaired) electrons. The number of fused-ring (bicyclic) bond motifs is 1. The first-order valence-corrected chi connectivity index (χ1v) is 9.08. The third-order valence-electron chi connectivity index (χ3n) is 4.06. The quantitative estimate of drug-likeness (QED) is 0.363. The van der Waals surface area contributed by atoms with Crippen LogP contribution >= 0.6 is 0 Å². The molecular formula is C22H20FN3O3. The number of hydrazone groups is 1. The summed E-state index contributed by atoms with van der Waals surface area (Å²) in [6, 6.07) is 16.8. The monoisotopic (exact) mass is 393 g/mol. The summed E-state index contributed by atoms with van der Waals surface area (Å²) in [5, 5.41) is 8.44. The van der Waals surface area contributed by atoms with Crippen LogP contribution < -0.4 is 15.5 Å². The molecule has 148 valence electrons. The zero-order valence-corrected chi connectivity index (χ0v) is 15.8. The summed E-state index contributed by atoms with van der Waals surface area (Å²) in [5.74, 6) is -0.850. The average molecular weight is 393 g/mol. The third-order valence-corrected chi connectivity index (χ3v) is 4.06. The smallest absolute Gasteiger partial charge is 0.249 e. The number of nitrogens with zero attached hydrogens (tertiary/aromatic N) is 1. The van der Waals surface area contributed by atoms with Crippen LogP contribution in [0.1, 0.15) is 18.9 Å². The van der Waals surface area contributed by atoms with E-state index in [-0.39, 0.29) is 0 Å². The first-order valence-electron chi connectivity index (χ1n) is 9.08. The molecule has 0 aliphatic heterocycles. The molecule has 3 rings (SSSR count). The fourth-order valence-electron chi connectivity index (χ4n) is 2.78. The number of carbonyl (C=O) groups is 2. The molecule has 0 spiro atoms. The lowest BCUT2D eigenvalue weighted by molar-refractivity contribution is -0.126. The highest BCUT2D eigenvalue weighted by atomic mass is 19.1. The second-order valence-electron chi connectivity index (χ2n) is 6.16. The van der Waals surface area contributed by atoms with E-state index >= 15 is 0 Å². The Bertz CT molecular complexity index is 1050. The van der Waals surface area contributed by atoms with E-state index in [1.54, 1.807) is 0 Å². The van der Waals surface area contributed by atoms with Crippen molar-refractivity contribution in [2.45, 2.75) is 13.3 Å². The highest BCUT2D eigenvalue weighted by Gasteiger charge is 2.10. The van der Waals surface area contributed by atoms with Gasteiger partial charge in [-0.2, -0.15) is 5.10 Å². The molecule has 7 heteroatoms. The lowest BCUT2D eigenvalue weighted by Crippen LogP contribution is -2.24. The van der Waals surface area contributed by atoms with Crippen molar-refractivity contribution >= 4 is 34.5 Å². The highest BCUT2D eigenvalue weighted by Crippen LogP contribution is 2.26. The molecule has 0 aromatic heterocycles. The van der Waals surface area contributed by atoms with Crippen LogP contribution in [-0.4, -0.2) is 24.6 Å². The predicted molar refractivity (Wildman–Crippen MR) is 111 cm³/mol. The predicted octanol–water partition coefficient (Wildman–Crippen LogP) is 3.86. The Morgan fingerprint density at radius 1 is 1.03 bits per heavy atom. The van der Waals surface area contributed by atoms with Gasteiger partial charge in [0.1, 0.15) is 18.0 Å². The van der Waals surface area contributed by atoms with Crippen molar-refractivity contribution in [3.63, 3.8) is 0 Å². The normalized spacial score (nSPS) is 10.8. The maximum Gasteiger partial charge on any atom is 0.249 e. The first kappa shape index (κ1) is 20.0. The minimum atomic E-state index is -0.570. The molecule has 2 amide bonds. The lowest BCUT2D eigenvalue weighted by atomic mass is 10.0. The van der Waals surface area contributed by atoms with Crippen molar-refractivity contribution in [2.24, 2.45) is 5.10 Å². The van der Waals surface area contributed by atoms with E-state index < -0.39 is 24.1 Å². The number of nitrogens with one attached hydrogen (secondary N) is 2. The van der Waals surface area contributed by atoms with Gasteiger partial charge in [-0.25, -0.2) is 9.82 Å². The van der Waals surface area contributed by atoms with Gasteiger partial charge in [-0.3, -0.25) is 9.59 Å². The number of rotatable bonds is 7. The van der Waals surface area contributed by atoms with Crippen molar-refractivity contribution in [3.05, 3.63) is 72.0 Å². The SMILES string of the molecule is CCOc1ccc2ccccc2c1C=NNC(=O)CC(=O)Nc1ccc(F)cc1. The van der Waals surface area contributed by atoms with Crippen LogP contribution in [0.4, 0.5) is 10.1 Å². The van der Waals surface area contributed by atoms with Gasteiger partial charge >= 0.3 is 0 Å². The molecule has 3 aromatic rings. The average Bonchev–Trinajstić information content (AvgIpc) is 2.71. The Hall–Kier alpha value is -3.74. The summed E-state index contributed by atoms with van der Waals surface area (Å²) >= 11 is 0. The molecule has 0 aliphatic rings. The van der Waals surface area contributed by atoms with Gasteiger partial charge < -0.3 is 10.1 Å². The molecule has 0 saturated carbocycles. The van der Waals surface area contributed by atoms with E-state index in [1.165, 1.54) is 30.5 Å². The van der Waals surface area contributed by atoms with Gasteiger partial charge in [-0.05, 0) is 48.0 Å². The van der Waals surface area contributed by atoms with Crippen molar-refractivity contribution in [3.8, 4) is 5.75 Å². The van der Waals surface area contributed by atoms with E-state index in [2.05, 4.69) is 15.8 Å². The maximum absolute atomic E-state index is 12.9. The fraction of sp³-hybridized carbons (Fsp3) is 0.136. The summed E-state index contributed by atoms with van der Waals surface area (Å²) in [4.78, 5) is 23.9. The number of hydrogen-bond acceptors (Lipinski definition) is 4. The molecule has 0 bridgehead atoms. The standard InChI is InChI=1S/C22H20FN3O3/c1-2-29-20-12-7-15-5-3-4-6-18(15)19(20)14-24-26-22(28)13-21(27)25-17-10-8-16(23)9-11-17/h3-12,14H,2,13H2,1H3,(H,25,27)(H,26,28). The molecule has 0 saturated heterocycles. The fourth-order valence-corrected chi connectivity index (χ4v) is 2.78. The van der Waals surface area contributed by atoms with Crippen LogP contribution in [0.5, 0.6) is 5.75 Å². The Morgan fingerprint density at radius 2 is 1.79 bits per heavy atom. The summed E-state index contributed by atoms with van der Waals surface area (Å²) in [7, 11) is 0. The minimum absolute atomic E-state index is 0.407. The van der Waals surface area contributed by atoms with Crippen LogP contribution in [0.3, 0.4) is 0 Å². The van der Waals surface area contributed by atoms with Crippen molar-refractivity contribution in [1.29, 1.82) is 0 Å². The molecule has 0 fully saturated rings. The van der Waals surface area contributed by atoms with Gasteiger partial charge in [0.25, 0.3) is 0 Å². The molecule has 0 atom stereocenters. The third kappa shape index (κ3) is 5.38. The zero-order chi connectivity index (χ0) is 20.6. The van der Waals surface area contributed by atoms with Gasteiger partial charge in [-0.15, -0.1) is 0 Å². The van der Waals surface area contributed by atoms with Gasteiger partial charge in [0, 0.05) is 11.3 Å². The van der Waals surface area contributed by atoms with E-state index in [9.17, 15) is 14.0 Å².